The maximum absolute atomic E-state index is 12.4. The first-order valence-electron chi connectivity index (χ1n) is 7.20. The highest BCUT2D eigenvalue weighted by atomic mass is 16.5. The Morgan fingerprint density at radius 3 is 2.40 bits per heavy atom. The number of carbonyl (C=O) groups excluding carboxylic acids is 1. The van der Waals surface area contributed by atoms with Crippen molar-refractivity contribution in [2.45, 2.75) is 38.3 Å². The number of nitrogens with one attached hydrogen (secondary N) is 1. The molecule has 0 saturated heterocycles. The Kier molecular flexibility index (Phi) is 4.33. The highest BCUT2D eigenvalue weighted by Crippen LogP contribution is 2.30. The van der Waals surface area contributed by atoms with Gasteiger partial charge in [-0.2, -0.15) is 0 Å². The van der Waals surface area contributed by atoms with Crippen LogP contribution in [0.4, 0.5) is 5.69 Å². The SMILES string of the molecule is CCOC(=O)C(C)(NC1CC1)c1ccc(N(C)C)cc1. The Morgan fingerprint density at radius 1 is 1.35 bits per heavy atom. The van der Waals surface area contributed by atoms with Gasteiger partial charge in [0.2, 0.25) is 0 Å². The van der Waals surface area contributed by atoms with E-state index in [-0.39, 0.29) is 5.97 Å². The summed E-state index contributed by atoms with van der Waals surface area (Å²) < 4.78 is 5.26. The van der Waals surface area contributed by atoms with Gasteiger partial charge in [0.15, 0.2) is 0 Å². The minimum absolute atomic E-state index is 0.204. The van der Waals surface area contributed by atoms with E-state index < -0.39 is 5.54 Å². The molecule has 0 aliphatic heterocycles. The molecule has 1 aromatic rings. The maximum atomic E-state index is 12.4. The van der Waals surface area contributed by atoms with E-state index in [2.05, 4.69) is 5.32 Å². The number of hydrogen-bond acceptors (Lipinski definition) is 4. The summed E-state index contributed by atoms with van der Waals surface area (Å²) in [4.78, 5) is 14.4. The lowest BCUT2D eigenvalue weighted by atomic mass is 9.91. The normalized spacial score (nSPS) is 17.4. The van der Waals surface area contributed by atoms with Crippen molar-refractivity contribution in [3.63, 3.8) is 0 Å². The quantitative estimate of drug-likeness (QED) is 0.809. The summed E-state index contributed by atoms with van der Waals surface area (Å²) in [5.74, 6) is -0.204. The highest BCUT2D eigenvalue weighted by Gasteiger charge is 2.41. The summed E-state index contributed by atoms with van der Waals surface area (Å²) >= 11 is 0. The van der Waals surface area contributed by atoms with Crippen LogP contribution in [-0.4, -0.2) is 32.7 Å². The molecule has 1 aromatic carbocycles. The van der Waals surface area contributed by atoms with Crippen LogP contribution in [0.3, 0.4) is 0 Å². The van der Waals surface area contributed by atoms with Gasteiger partial charge in [-0.05, 0) is 44.4 Å². The average Bonchev–Trinajstić information content (AvgIpc) is 3.22. The summed E-state index contributed by atoms with van der Waals surface area (Å²) in [6.07, 6.45) is 2.26. The summed E-state index contributed by atoms with van der Waals surface area (Å²) in [7, 11) is 4.00. The van der Waals surface area contributed by atoms with Gasteiger partial charge in [-0.1, -0.05) is 12.1 Å². The third kappa shape index (κ3) is 3.12. The van der Waals surface area contributed by atoms with E-state index in [4.69, 9.17) is 4.74 Å². The summed E-state index contributed by atoms with van der Waals surface area (Å²) in [6, 6.07) is 8.49. The van der Waals surface area contributed by atoms with Gasteiger partial charge in [0.1, 0.15) is 5.54 Å². The van der Waals surface area contributed by atoms with Gasteiger partial charge < -0.3 is 9.64 Å². The molecule has 1 fully saturated rings. The lowest BCUT2D eigenvalue weighted by molar-refractivity contribution is -0.151. The highest BCUT2D eigenvalue weighted by molar-refractivity contribution is 5.82. The second kappa shape index (κ2) is 5.83. The second-order valence-electron chi connectivity index (χ2n) is 5.71. The summed E-state index contributed by atoms with van der Waals surface area (Å²) in [5.41, 5.74) is 1.31. The number of ether oxygens (including phenoxy) is 1. The first-order valence-corrected chi connectivity index (χ1v) is 7.20. The Labute approximate surface area is 121 Å². The number of esters is 1. The monoisotopic (exact) mass is 276 g/mol. The minimum atomic E-state index is -0.762. The van der Waals surface area contributed by atoms with E-state index in [1.807, 2.05) is 57.1 Å². The predicted molar refractivity (Wildman–Crippen MR) is 80.9 cm³/mol. The maximum Gasteiger partial charge on any atom is 0.330 e. The van der Waals surface area contributed by atoms with Gasteiger partial charge in [-0.25, -0.2) is 4.79 Å². The van der Waals surface area contributed by atoms with Crippen LogP contribution in [0.2, 0.25) is 0 Å². The number of nitrogens with zero attached hydrogens (tertiary/aromatic N) is 1. The van der Waals surface area contributed by atoms with Crippen molar-refractivity contribution < 1.29 is 9.53 Å². The number of hydrogen-bond donors (Lipinski definition) is 1. The van der Waals surface area contributed by atoms with Crippen LogP contribution in [0.5, 0.6) is 0 Å². The zero-order valence-electron chi connectivity index (χ0n) is 12.8. The van der Waals surface area contributed by atoms with Gasteiger partial charge >= 0.3 is 5.97 Å². The molecule has 20 heavy (non-hydrogen) atoms. The second-order valence-corrected chi connectivity index (χ2v) is 5.71. The molecule has 1 atom stereocenters. The van der Waals surface area contributed by atoms with Crippen LogP contribution in [0.15, 0.2) is 24.3 Å². The van der Waals surface area contributed by atoms with Crippen LogP contribution < -0.4 is 10.2 Å². The van der Waals surface area contributed by atoms with E-state index in [1.54, 1.807) is 0 Å². The van der Waals surface area contributed by atoms with Crippen LogP contribution >= 0.6 is 0 Å². The van der Waals surface area contributed by atoms with E-state index in [1.165, 1.54) is 0 Å². The van der Waals surface area contributed by atoms with Gasteiger partial charge in [-0.15, -0.1) is 0 Å². The molecule has 2 rings (SSSR count). The van der Waals surface area contributed by atoms with Crippen LogP contribution in [0, 0.1) is 0 Å². The number of rotatable bonds is 6. The molecular weight excluding hydrogens is 252 g/mol. The minimum Gasteiger partial charge on any atom is -0.464 e. The molecular formula is C16H24N2O2. The lowest BCUT2D eigenvalue weighted by Gasteiger charge is -2.29. The topological polar surface area (TPSA) is 41.6 Å². The van der Waals surface area contributed by atoms with Crippen LogP contribution in [-0.2, 0) is 15.1 Å². The zero-order valence-corrected chi connectivity index (χ0v) is 12.8. The van der Waals surface area contributed by atoms with Crippen molar-refractivity contribution in [2.75, 3.05) is 25.6 Å². The fourth-order valence-electron chi connectivity index (χ4n) is 2.26. The van der Waals surface area contributed by atoms with Crippen molar-refractivity contribution >= 4 is 11.7 Å². The molecule has 1 unspecified atom stereocenters. The van der Waals surface area contributed by atoms with Crippen LogP contribution in [0.1, 0.15) is 32.3 Å². The Bertz CT molecular complexity index is 466. The Balaban J connectivity index is 2.27. The van der Waals surface area contributed by atoms with E-state index in [9.17, 15) is 4.79 Å². The van der Waals surface area contributed by atoms with Crippen molar-refractivity contribution in [1.82, 2.24) is 5.32 Å². The van der Waals surface area contributed by atoms with Gasteiger partial charge in [0.25, 0.3) is 0 Å². The van der Waals surface area contributed by atoms with Crippen molar-refractivity contribution in [3.8, 4) is 0 Å². The number of anilines is 1. The molecule has 110 valence electrons. The largest absolute Gasteiger partial charge is 0.464 e. The fourth-order valence-corrected chi connectivity index (χ4v) is 2.26. The molecule has 0 aromatic heterocycles. The van der Waals surface area contributed by atoms with E-state index >= 15 is 0 Å². The molecule has 4 heteroatoms. The summed E-state index contributed by atoms with van der Waals surface area (Å²) in [5, 5.41) is 3.43. The fraction of sp³-hybridized carbons (Fsp3) is 0.562. The van der Waals surface area contributed by atoms with Gasteiger partial charge in [0.05, 0.1) is 6.61 Å². The number of carbonyl (C=O) groups is 1. The van der Waals surface area contributed by atoms with Gasteiger partial charge in [-0.3, -0.25) is 5.32 Å². The third-order valence-corrected chi connectivity index (χ3v) is 3.71. The molecule has 0 bridgehead atoms. The Morgan fingerprint density at radius 2 is 1.95 bits per heavy atom. The van der Waals surface area contributed by atoms with Crippen molar-refractivity contribution in [1.29, 1.82) is 0 Å². The standard InChI is InChI=1S/C16H24N2O2/c1-5-20-15(19)16(2,17-13-8-9-13)12-6-10-14(11-7-12)18(3)4/h6-7,10-11,13,17H,5,8-9H2,1-4H3. The van der Waals surface area contributed by atoms with Gasteiger partial charge in [0, 0.05) is 25.8 Å². The zero-order chi connectivity index (χ0) is 14.8. The first-order chi connectivity index (χ1) is 9.47. The smallest absolute Gasteiger partial charge is 0.330 e. The average molecular weight is 276 g/mol. The molecule has 0 radical (unpaired) electrons. The predicted octanol–water partition coefficient (Wildman–Crippen LogP) is 2.28. The molecule has 0 spiro atoms. The molecule has 1 aliphatic rings. The summed E-state index contributed by atoms with van der Waals surface area (Å²) in [6.45, 7) is 4.15. The molecule has 1 N–H and O–H groups in total. The van der Waals surface area contributed by atoms with E-state index in [0.717, 1.165) is 24.1 Å². The number of benzene rings is 1. The molecule has 1 aliphatic carbocycles. The van der Waals surface area contributed by atoms with E-state index in [0.29, 0.717) is 12.6 Å². The third-order valence-electron chi connectivity index (χ3n) is 3.71. The molecule has 0 amide bonds. The first kappa shape index (κ1) is 14.9. The lowest BCUT2D eigenvalue weighted by Crippen LogP contribution is -2.48. The molecule has 1 saturated carbocycles. The van der Waals surface area contributed by atoms with Crippen LogP contribution in [0.25, 0.3) is 0 Å². The molecule has 4 nitrogen and oxygen atoms in total. The van der Waals surface area contributed by atoms with Crippen molar-refractivity contribution in [3.05, 3.63) is 29.8 Å². The van der Waals surface area contributed by atoms with Crippen molar-refractivity contribution in [2.24, 2.45) is 0 Å². The Hall–Kier alpha value is -1.55. The molecule has 0 heterocycles.